The molecule has 17 heavy (non-hydrogen) atoms. The number of nitrogens with one attached hydrogen (secondary N) is 2. The third-order valence-corrected chi connectivity index (χ3v) is 1.95. The molecule has 0 unspecified atom stereocenters. The van der Waals surface area contributed by atoms with Gasteiger partial charge in [-0.2, -0.15) is 0 Å². The number of hydrogen-bond donors (Lipinski definition) is 3. The molecule has 0 aliphatic carbocycles. The molecule has 0 aliphatic rings. The van der Waals surface area contributed by atoms with Gasteiger partial charge in [0.15, 0.2) is 0 Å². The van der Waals surface area contributed by atoms with Gasteiger partial charge in [-0.05, 0) is 6.42 Å². The Labute approximate surface area is 115 Å². The second-order valence-electron chi connectivity index (χ2n) is 3.53. The van der Waals surface area contributed by atoms with Crippen LogP contribution in [-0.4, -0.2) is 37.3 Å². The van der Waals surface area contributed by atoms with Crippen LogP contribution in [0.4, 0.5) is 0 Å². The number of unbranched alkanes of at least 4 members (excludes halogenated alkanes) is 1. The molecule has 0 radical (unpaired) electrons. The number of carboxylic acids is 1. The molecule has 6 heteroatoms. The minimum absolute atomic E-state index is 0. The largest absolute Gasteiger partial charge is 1.00 e. The van der Waals surface area contributed by atoms with Crippen LogP contribution in [0.3, 0.4) is 0 Å². The van der Waals surface area contributed by atoms with Crippen LogP contribution >= 0.6 is 0 Å². The van der Waals surface area contributed by atoms with Crippen molar-refractivity contribution in [3.63, 3.8) is 0 Å². The summed E-state index contributed by atoms with van der Waals surface area (Å²) in [6.45, 7) is 4.21. The van der Waals surface area contributed by atoms with Gasteiger partial charge in [0, 0.05) is 26.2 Å². The fourth-order valence-electron chi connectivity index (χ4n) is 1.09. The first-order valence-electron chi connectivity index (χ1n) is 5.66. The molecule has 5 nitrogen and oxygen atoms in total. The first-order valence-corrected chi connectivity index (χ1v) is 5.66. The molecule has 0 atom stereocenters. The number of aliphatic carboxylic acids is 1. The molecular formula is C11H21LiN2O3. The van der Waals surface area contributed by atoms with Gasteiger partial charge < -0.3 is 20.8 Å². The number of allylic oxidation sites excluding steroid dienone is 1. The zero-order valence-electron chi connectivity index (χ0n) is 10.8. The predicted octanol–water partition coefficient (Wildman–Crippen LogP) is -3.31. The first kappa shape index (κ1) is 18.9. The SMILES string of the molecule is CCC/C=C(\[O-])CNCCNCCC(=O)O.[Li+]. The number of carboxylic acid groups (broad SMARTS) is 1. The van der Waals surface area contributed by atoms with E-state index in [-0.39, 0.29) is 31.0 Å². The molecule has 94 valence electrons. The summed E-state index contributed by atoms with van der Waals surface area (Å²) in [6, 6.07) is 0. The van der Waals surface area contributed by atoms with Gasteiger partial charge in [-0.3, -0.25) is 4.79 Å². The van der Waals surface area contributed by atoms with Crippen LogP contribution in [0.5, 0.6) is 0 Å². The second-order valence-corrected chi connectivity index (χ2v) is 3.53. The minimum atomic E-state index is -0.801. The molecule has 0 heterocycles. The predicted molar refractivity (Wildman–Crippen MR) is 61.0 cm³/mol. The van der Waals surface area contributed by atoms with Gasteiger partial charge >= 0.3 is 24.8 Å². The van der Waals surface area contributed by atoms with Crippen LogP contribution in [0, 0.1) is 0 Å². The second kappa shape index (κ2) is 13.6. The molecule has 0 aromatic carbocycles. The van der Waals surface area contributed by atoms with Gasteiger partial charge in [0.05, 0.1) is 6.42 Å². The van der Waals surface area contributed by atoms with Crippen LogP contribution in [-0.2, 0) is 4.79 Å². The van der Waals surface area contributed by atoms with Crippen LogP contribution in [0.1, 0.15) is 26.2 Å². The third-order valence-electron chi connectivity index (χ3n) is 1.95. The summed E-state index contributed by atoms with van der Waals surface area (Å²) in [7, 11) is 0. The van der Waals surface area contributed by atoms with E-state index in [1.165, 1.54) is 0 Å². The summed E-state index contributed by atoms with van der Waals surface area (Å²) in [6.07, 6.45) is 3.65. The van der Waals surface area contributed by atoms with E-state index in [0.717, 1.165) is 12.8 Å². The van der Waals surface area contributed by atoms with E-state index < -0.39 is 5.97 Å². The average molecular weight is 236 g/mol. The Morgan fingerprint density at radius 3 is 2.53 bits per heavy atom. The van der Waals surface area contributed by atoms with Crippen molar-refractivity contribution in [3.8, 4) is 0 Å². The summed E-state index contributed by atoms with van der Waals surface area (Å²) >= 11 is 0. The van der Waals surface area contributed by atoms with Gasteiger partial charge in [-0.15, -0.1) is 5.76 Å². The topological polar surface area (TPSA) is 84.4 Å². The summed E-state index contributed by atoms with van der Waals surface area (Å²) < 4.78 is 0. The smallest absolute Gasteiger partial charge is 0.875 e. The maximum atomic E-state index is 11.2. The van der Waals surface area contributed by atoms with E-state index in [1.54, 1.807) is 6.08 Å². The molecule has 0 saturated heterocycles. The fraction of sp³-hybridized carbons (Fsp3) is 0.727. The van der Waals surface area contributed by atoms with Crippen LogP contribution < -0.4 is 34.6 Å². The number of hydrogen-bond acceptors (Lipinski definition) is 4. The Morgan fingerprint density at radius 2 is 1.94 bits per heavy atom. The van der Waals surface area contributed by atoms with Crippen LogP contribution in [0.2, 0.25) is 0 Å². The van der Waals surface area contributed by atoms with E-state index in [0.29, 0.717) is 26.2 Å². The Kier molecular flexibility index (Phi) is 15.1. The van der Waals surface area contributed by atoms with E-state index in [2.05, 4.69) is 10.6 Å². The van der Waals surface area contributed by atoms with Crippen molar-refractivity contribution in [2.24, 2.45) is 0 Å². The molecule has 0 aromatic rings. The normalized spacial score (nSPS) is 11.0. The fourth-order valence-corrected chi connectivity index (χ4v) is 1.09. The van der Waals surface area contributed by atoms with Gasteiger partial charge in [0.25, 0.3) is 0 Å². The zero-order chi connectivity index (χ0) is 12.2. The number of carbonyl (C=O) groups is 1. The van der Waals surface area contributed by atoms with E-state index in [4.69, 9.17) is 5.11 Å². The molecule has 3 N–H and O–H groups in total. The van der Waals surface area contributed by atoms with Crippen molar-refractivity contribution >= 4 is 5.97 Å². The average Bonchev–Trinajstić information content (AvgIpc) is 2.24. The molecule has 0 fully saturated rings. The summed E-state index contributed by atoms with van der Waals surface area (Å²) in [4.78, 5) is 10.2. The van der Waals surface area contributed by atoms with Crippen molar-refractivity contribution in [1.29, 1.82) is 0 Å². The molecule has 0 saturated carbocycles. The van der Waals surface area contributed by atoms with E-state index in [9.17, 15) is 9.90 Å². The quantitative estimate of drug-likeness (QED) is 0.210. The summed E-state index contributed by atoms with van der Waals surface area (Å²) in [5.74, 6) is -0.683. The Morgan fingerprint density at radius 1 is 1.29 bits per heavy atom. The van der Waals surface area contributed by atoms with Crippen molar-refractivity contribution in [1.82, 2.24) is 10.6 Å². The molecule has 0 aliphatic heterocycles. The van der Waals surface area contributed by atoms with Crippen LogP contribution in [0.25, 0.3) is 0 Å². The van der Waals surface area contributed by atoms with Crippen LogP contribution in [0.15, 0.2) is 11.8 Å². The van der Waals surface area contributed by atoms with Crippen molar-refractivity contribution in [3.05, 3.63) is 11.8 Å². The molecule has 0 rings (SSSR count). The molecular weight excluding hydrogens is 215 g/mol. The maximum Gasteiger partial charge on any atom is 1.00 e. The monoisotopic (exact) mass is 236 g/mol. The maximum absolute atomic E-state index is 11.2. The Bertz CT molecular complexity index is 223. The van der Waals surface area contributed by atoms with E-state index in [1.807, 2.05) is 6.92 Å². The third kappa shape index (κ3) is 15.5. The molecule has 0 spiro atoms. The summed E-state index contributed by atoms with van der Waals surface area (Å²) in [5, 5.41) is 25.5. The Hall–Kier alpha value is -0.473. The van der Waals surface area contributed by atoms with Crippen molar-refractivity contribution in [2.45, 2.75) is 26.2 Å². The standard InChI is InChI=1S/C11H22N2O3.Li/c1-2-3-4-10(14)9-13-8-7-12-6-5-11(15)16;/h4,12-14H,2-3,5-9H2,1H3,(H,15,16);/q;+1/p-1/b10-4-;. The first-order chi connectivity index (χ1) is 7.66. The number of rotatable bonds is 10. The van der Waals surface area contributed by atoms with Gasteiger partial charge in [0.2, 0.25) is 0 Å². The van der Waals surface area contributed by atoms with Gasteiger partial charge in [-0.25, -0.2) is 0 Å². The van der Waals surface area contributed by atoms with Gasteiger partial charge in [-0.1, -0.05) is 19.4 Å². The van der Waals surface area contributed by atoms with Crippen molar-refractivity contribution in [2.75, 3.05) is 26.2 Å². The van der Waals surface area contributed by atoms with Gasteiger partial charge in [0.1, 0.15) is 0 Å². The minimum Gasteiger partial charge on any atom is -0.875 e. The molecule has 0 aromatic heterocycles. The molecule has 0 bridgehead atoms. The van der Waals surface area contributed by atoms with E-state index >= 15 is 0 Å². The molecule has 0 amide bonds. The zero-order valence-corrected chi connectivity index (χ0v) is 10.8. The van der Waals surface area contributed by atoms with Crippen molar-refractivity contribution < 1.29 is 33.9 Å². The Balaban J connectivity index is 0. The summed E-state index contributed by atoms with van der Waals surface area (Å²) in [5.41, 5.74) is 0.